The molecule has 2 aromatic rings. The van der Waals surface area contributed by atoms with Crippen LogP contribution in [0, 0.1) is 5.82 Å². The van der Waals surface area contributed by atoms with Crippen LogP contribution in [0.5, 0.6) is 11.5 Å². The van der Waals surface area contributed by atoms with Crippen molar-refractivity contribution in [2.24, 2.45) is 0 Å². The first-order valence-electron chi connectivity index (χ1n) is 13.3. The van der Waals surface area contributed by atoms with Crippen molar-refractivity contribution in [3.05, 3.63) is 83.8 Å². The molecule has 2 aromatic carbocycles. The van der Waals surface area contributed by atoms with Crippen molar-refractivity contribution in [1.82, 2.24) is 14.7 Å². The third-order valence-electron chi connectivity index (χ3n) is 7.60. The number of benzene rings is 2. The molecule has 0 bridgehead atoms. The zero-order valence-electron chi connectivity index (χ0n) is 21.5. The lowest BCUT2D eigenvalue weighted by molar-refractivity contribution is -0.128. The summed E-state index contributed by atoms with van der Waals surface area (Å²) in [5.41, 5.74) is 2.07. The predicted molar refractivity (Wildman–Crippen MR) is 142 cm³/mol. The SMILES string of the molecule is COc1ccc(CN2CCC(N3C=C(C(=O)N4CCC(Oc5ccc(F)cc5)CC4)C=CC3)CC2)cc1. The van der Waals surface area contributed by atoms with Crippen LogP contribution in [-0.2, 0) is 11.3 Å². The average Bonchev–Trinajstić information content (AvgIpc) is 2.95. The van der Waals surface area contributed by atoms with Gasteiger partial charge in [0.1, 0.15) is 23.4 Å². The van der Waals surface area contributed by atoms with Crippen molar-refractivity contribution in [2.75, 3.05) is 39.8 Å². The van der Waals surface area contributed by atoms with E-state index in [9.17, 15) is 9.18 Å². The molecule has 2 fully saturated rings. The molecule has 3 aliphatic rings. The zero-order chi connectivity index (χ0) is 25.6. The first kappa shape index (κ1) is 25.3. The summed E-state index contributed by atoms with van der Waals surface area (Å²) in [6, 6.07) is 14.9. The smallest absolute Gasteiger partial charge is 0.255 e. The lowest BCUT2D eigenvalue weighted by atomic mass is 10.0. The van der Waals surface area contributed by atoms with Gasteiger partial charge in [-0.1, -0.05) is 24.3 Å². The van der Waals surface area contributed by atoms with Crippen LogP contribution in [0.25, 0.3) is 0 Å². The molecule has 0 N–H and O–H groups in total. The molecule has 2 saturated heterocycles. The van der Waals surface area contributed by atoms with E-state index in [0.29, 0.717) is 24.9 Å². The van der Waals surface area contributed by atoms with Crippen LogP contribution >= 0.6 is 0 Å². The van der Waals surface area contributed by atoms with Gasteiger partial charge in [0, 0.05) is 64.4 Å². The van der Waals surface area contributed by atoms with Gasteiger partial charge in [-0.25, -0.2) is 4.39 Å². The number of hydrogen-bond donors (Lipinski definition) is 0. The summed E-state index contributed by atoms with van der Waals surface area (Å²) in [5, 5.41) is 0. The lowest BCUT2D eigenvalue weighted by Crippen LogP contribution is -2.45. The van der Waals surface area contributed by atoms with Gasteiger partial charge in [0.25, 0.3) is 5.91 Å². The van der Waals surface area contributed by atoms with E-state index in [2.05, 4.69) is 34.2 Å². The van der Waals surface area contributed by atoms with E-state index >= 15 is 0 Å². The summed E-state index contributed by atoms with van der Waals surface area (Å²) in [5.74, 6) is 1.39. The van der Waals surface area contributed by atoms with E-state index in [4.69, 9.17) is 9.47 Å². The Balaban J connectivity index is 1.09. The molecule has 0 aromatic heterocycles. The van der Waals surface area contributed by atoms with Gasteiger partial charge in [0.05, 0.1) is 12.7 Å². The van der Waals surface area contributed by atoms with E-state index < -0.39 is 0 Å². The third kappa shape index (κ3) is 6.52. The van der Waals surface area contributed by atoms with Crippen molar-refractivity contribution in [3.8, 4) is 11.5 Å². The first-order chi connectivity index (χ1) is 18.1. The zero-order valence-corrected chi connectivity index (χ0v) is 21.5. The van der Waals surface area contributed by atoms with Gasteiger partial charge in [0.15, 0.2) is 0 Å². The number of likely N-dealkylation sites (tertiary alicyclic amines) is 2. The molecular weight excluding hydrogens is 469 g/mol. The fraction of sp³-hybridized carbons (Fsp3) is 0.433. The number of piperidine rings is 2. The first-order valence-corrected chi connectivity index (χ1v) is 13.3. The Morgan fingerprint density at radius 1 is 0.919 bits per heavy atom. The topological polar surface area (TPSA) is 45.2 Å². The van der Waals surface area contributed by atoms with Crippen LogP contribution in [-0.4, -0.2) is 72.6 Å². The van der Waals surface area contributed by atoms with Crippen molar-refractivity contribution in [1.29, 1.82) is 0 Å². The number of amides is 1. The Kier molecular flexibility index (Phi) is 8.09. The van der Waals surface area contributed by atoms with Gasteiger partial charge in [0.2, 0.25) is 0 Å². The molecule has 3 aliphatic heterocycles. The lowest BCUT2D eigenvalue weighted by Gasteiger charge is -2.39. The van der Waals surface area contributed by atoms with Gasteiger partial charge in [-0.2, -0.15) is 0 Å². The minimum absolute atomic E-state index is 0.0463. The normalized spacial score (nSPS) is 19.6. The molecule has 3 heterocycles. The Morgan fingerprint density at radius 3 is 2.27 bits per heavy atom. The van der Waals surface area contributed by atoms with Crippen LogP contribution in [0.2, 0.25) is 0 Å². The highest BCUT2D eigenvalue weighted by molar-refractivity contribution is 5.96. The second-order valence-corrected chi connectivity index (χ2v) is 10.1. The minimum Gasteiger partial charge on any atom is -0.497 e. The maximum atomic E-state index is 13.3. The largest absolute Gasteiger partial charge is 0.497 e. The number of carbonyl (C=O) groups is 1. The molecule has 196 valence electrons. The monoisotopic (exact) mass is 505 g/mol. The highest BCUT2D eigenvalue weighted by Gasteiger charge is 2.28. The van der Waals surface area contributed by atoms with E-state index in [1.807, 2.05) is 23.1 Å². The molecule has 37 heavy (non-hydrogen) atoms. The van der Waals surface area contributed by atoms with Crippen LogP contribution in [0.1, 0.15) is 31.2 Å². The Bertz CT molecular complexity index is 1100. The number of halogens is 1. The van der Waals surface area contributed by atoms with Crippen molar-refractivity contribution >= 4 is 5.91 Å². The Morgan fingerprint density at radius 2 is 1.59 bits per heavy atom. The molecule has 0 spiro atoms. The molecular formula is C30H36FN3O3. The highest BCUT2D eigenvalue weighted by atomic mass is 19.1. The fourth-order valence-electron chi connectivity index (χ4n) is 5.42. The van der Waals surface area contributed by atoms with Crippen LogP contribution in [0.4, 0.5) is 4.39 Å². The number of rotatable bonds is 7. The average molecular weight is 506 g/mol. The van der Waals surface area contributed by atoms with Crippen LogP contribution < -0.4 is 9.47 Å². The number of carbonyl (C=O) groups excluding carboxylic acids is 1. The Hall–Kier alpha value is -3.32. The molecule has 0 atom stereocenters. The number of methoxy groups -OCH3 is 1. The summed E-state index contributed by atoms with van der Waals surface area (Å²) >= 11 is 0. The summed E-state index contributed by atoms with van der Waals surface area (Å²) in [7, 11) is 1.69. The summed E-state index contributed by atoms with van der Waals surface area (Å²) in [6.07, 6.45) is 9.94. The molecule has 0 aliphatic carbocycles. The summed E-state index contributed by atoms with van der Waals surface area (Å²) < 4.78 is 24.4. The van der Waals surface area contributed by atoms with Crippen molar-refractivity contribution in [3.63, 3.8) is 0 Å². The summed E-state index contributed by atoms with van der Waals surface area (Å²) in [4.78, 5) is 20.1. The van der Waals surface area contributed by atoms with Crippen molar-refractivity contribution < 1.29 is 18.7 Å². The number of hydrogen-bond acceptors (Lipinski definition) is 5. The Labute approximate surface area is 218 Å². The van der Waals surface area contributed by atoms with Gasteiger partial charge in [-0.15, -0.1) is 0 Å². The second-order valence-electron chi connectivity index (χ2n) is 10.1. The standard InChI is InChI=1S/C30H36FN3O3/c1-36-27-8-4-23(5-9-27)21-32-17-12-26(13-18-32)34-16-2-3-24(22-34)30(35)33-19-14-29(15-20-33)37-28-10-6-25(31)7-11-28/h2-11,22,26,29H,12-21H2,1H3. The number of nitrogens with zero attached hydrogens (tertiary/aromatic N) is 3. The van der Waals surface area contributed by atoms with E-state index in [1.165, 1.54) is 17.7 Å². The van der Waals surface area contributed by atoms with Gasteiger partial charge in [-0.05, 0) is 54.8 Å². The maximum Gasteiger partial charge on any atom is 0.255 e. The van der Waals surface area contributed by atoms with E-state index in [0.717, 1.165) is 63.2 Å². The molecule has 1 amide bonds. The fourth-order valence-corrected chi connectivity index (χ4v) is 5.42. The highest BCUT2D eigenvalue weighted by Crippen LogP contribution is 2.25. The molecule has 5 rings (SSSR count). The summed E-state index contributed by atoms with van der Waals surface area (Å²) in [6.45, 7) is 5.25. The van der Waals surface area contributed by atoms with Crippen LogP contribution in [0.3, 0.4) is 0 Å². The quantitative estimate of drug-likeness (QED) is 0.549. The molecule has 6 nitrogen and oxygen atoms in total. The number of ether oxygens (including phenoxy) is 2. The van der Waals surface area contributed by atoms with Crippen molar-refractivity contribution in [2.45, 2.75) is 44.4 Å². The van der Waals surface area contributed by atoms with E-state index in [1.54, 1.807) is 19.2 Å². The van der Waals surface area contributed by atoms with Gasteiger partial charge >= 0.3 is 0 Å². The van der Waals surface area contributed by atoms with E-state index in [-0.39, 0.29) is 17.8 Å². The second kappa shape index (κ2) is 11.8. The van der Waals surface area contributed by atoms with Gasteiger partial charge < -0.3 is 19.3 Å². The third-order valence-corrected chi connectivity index (χ3v) is 7.60. The maximum absolute atomic E-state index is 13.3. The van der Waals surface area contributed by atoms with Crippen LogP contribution in [0.15, 0.2) is 72.5 Å². The molecule has 0 radical (unpaired) electrons. The minimum atomic E-state index is -0.269. The molecule has 0 saturated carbocycles. The molecule has 7 heteroatoms. The predicted octanol–water partition coefficient (Wildman–Crippen LogP) is 4.62. The van der Waals surface area contributed by atoms with Gasteiger partial charge in [-0.3, -0.25) is 9.69 Å². The molecule has 0 unspecified atom stereocenters.